The van der Waals surface area contributed by atoms with Crippen molar-refractivity contribution >= 4 is 11.8 Å². The van der Waals surface area contributed by atoms with Crippen molar-refractivity contribution in [3.05, 3.63) is 59.3 Å². The minimum Gasteiger partial charge on any atom is -0.478 e. The van der Waals surface area contributed by atoms with Crippen LogP contribution in [0.1, 0.15) is 34.3 Å². The molecule has 0 aliphatic carbocycles. The molecule has 1 aromatic carbocycles. The Balaban J connectivity index is 1.36. The number of hydrogen-bond acceptors (Lipinski definition) is 4. The molecule has 130 valence electrons. The molecule has 2 aromatic rings. The molecule has 0 radical (unpaired) electrons. The molecule has 5 nitrogen and oxygen atoms in total. The van der Waals surface area contributed by atoms with Gasteiger partial charge in [-0.2, -0.15) is 0 Å². The first-order valence-electron chi connectivity index (χ1n) is 8.96. The molecule has 5 heteroatoms. The molecule has 0 spiro atoms. The third-order valence-electron chi connectivity index (χ3n) is 5.46. The third-order valence-corrected chi connectivity index (χ3v) is 5.46. The van der Waals surface area contributed by atoms with Gasteiger partial charge in [0.15, 0.2) is 0 Å². The van der Waals surface area contributed by atoms with Gasteiger partial charge in [0.05, 0.1) is 5.56 Å². The van der Waals surface area contributed by atoms with Crippen LogP contribution in [0.2, 0.25) is 0 Å². The highest BCUT2D eigenvalue weighted by Crippen LogP contribution is 2.26. The number of hydrogen-bond donors (Lipinski definition) is 1. The second-order valence-electron chi connectivity index (χ2n) is 6.92. The van der Waals surface area contributed by atoms with E-state index >= 15 is 0 Å². The largest absolute Gasteiger partial charge is 0.478 e. The average Bonchev–Trinajstić information content (AvgIpc) is 2.68. The van der Waals surface area contributed by atoms with Crippen LogP contribution >= 0.6 is 0 Å². The van der Waals surface area contributed by atoms with Gasteiger partial charge < -0.3 is 10.0 Å². The van der Waals surface area contributed by atoms with Gasteiger partial charge in [0.2, 0.25) is 0 Å². The molecule has 0 bridgehead atoms. The molecular weight excluding hydrogens is 314 g/mol. The van der Waals surface area contributed by atoms with Gasteiger partial charge in [0, 0.05) is 38.4 Å². The lowest BCUT2D eigenvalue weighted by molar-refractivity contribution is 0.0696. The van der Waals surface area contributed by atoms with Gasteiger partial charge in [-0.25, -0.2) is 9.78 Å². The minimum absolute atomic E-state index is 0.241. The number of rotatable bonds is 3. The SMILES string of the molecule is O=C(O)c1ccc(N2CCC(N3CCc4ccccc4C3)CC2)nc1. The van der Waals surface area contributed by atoms with Crippen LogP contribution in [0.15, 0.2) is 42.6 Å². The first-order valence-corrected chi connectivity index (χ1v) is 8.96. The lowest BCUT2D eigenvalue weighted by Crippen LogP contribution is -2.46. The van der Waals surface area contributed by atoms with Crippen molar-refractivity contribution in [2.45, 2.75) is 31.8 Å². The Labute approximate surface area is 147 Å². The fraction of sp³-hybridized carbons (Fsp3) is 0.400. The number of carboxylic acids is 1. The van der Waals surface area contributed by atoms with E-state index in [-0.39, 0.29) is 5.56 Å². The Morgan fingerprint density at radius 2 is 1.80 bits per heavy atom. The van der Waals surface area contributed by atoms with Crippen LogP contribution in [-0.4, -0.2) is 46.6 Å². The molecule has 1 aromatic heterocycles. The molecule has 0 atom stereocenters. The van der Waals surface area contributed by atoms with E-state index in [0.717, 1.165) is 51.3 Å². The number of piperidine rings is 1. The number of pyridine rings is 1. The van der Waals surface area contributed by atoms with Crippen LogP contribution in [-0.2, 0) is 13.0 Å². The van der Waals surface area contributed by atoms with Gasteiger partial charge in [-0.15, -0.1) is 0 Å². The van der Waals surface area contributed by atoms with Gasteiger partial charge in [0.1, 0.15) is 5.82 Å². The second kappa shape index (κ2) is 6.84. The Morgan fingerprint density at radius 1 is 1.04 bits per heavy atom. The van der Waals surface area contributed by atoms with Crippen LogP contribution in [0.5, 0.6) is 0 Å². The number of carbonyl (C=O) groups is 1. The Bertz CT molecular complexity index is 752. The summed E-state index contributed by atoms with van der Waals surface area (Å²) in [6.07, 6.45) is 4.86. The standard InChI is InChI=1S/C20H23N3O2/c24-20(25)16-5-6-19(21-13-16)22-11-8-18(9-12-22)23-10-7-15-3-1-2-4-17(15)14-23/h1-6,13,18H,7-12,14H2,(H,24,25). The fourth-order valence-corrected chi connectivity index (χ4v) is 3.99. The number of aromatic nitrogens is 1. The van der Waals surface area contributed by atoms with Crippen molar-refractivity contribution in [3.8, 4) is 0 Å². The molecular formula is C20H23N3O2. The maximum Gasteiger partial charge on any atom is 0.337 e. The Kier molecular flexibility index (Phi) is 4.40. The molecule has 0 amide bonds. The van der Waals surface area contributed by atoms with E-state index < -0.39 is 5.97 Å². The lowest BCUT2D eigenvalue weighted by Gasteiger charge is -2.41. The molecule has 1 N–H and O–H groups in total. The van der Waals surface area contributed by atoms with Crippen molar-refractivity contribution in [2.75, 3.05) is 24.5 Å². The number of aromatic carboxylic acids is 1. The van der Waals surface area contributed by atoms with E-state index in [2.05, 4.69) is 39.0 Å². The smallest absolute Gasteiger partial charge is 0.337 e. The van der Waals surface area contributed by atoms with Crippen molar-refractivity contribution in [1.82, 2.24) is 9.88 Å². The first kappa shape index (κ1) is 16.1. The predicted octanol–water partition coefficient (Wildman–Crippen LogP) is 2.81. The highest BCUT2D eigenvalue weighted by Gasteiger charge is 2.27. The lowest BCUT2D eigenvalue weighted by atomic mass is 9.95. The quantitative estimate of drug-likeness (QED) is 0.933. The highest BCUT2D eigenvalue weighted by molar-refractivity contribution is 5.87. The van der Waals surface area contributed by atoms with Crippen LogP contribution in [0.25, 0.3) is 0 Å². The molecule has 25 heavy (non-hydrogen) atoms. The molecule has 1 saturated heterocycles. The van der Waals surface area contributed by atoms with Gasteiger partial charge in [-0.3, -0.25) is 4.90 Å². The minimum atomic E-state index is -0.928. The summed E-state index contributed by atoms with van der Waals surface area (Å²) in [6.45, 7) is 4.16. The summed E-state index contributed by atoms with van der Waals surface area (Å²) >= 11 is 0. The van der Waals surface area contributed by atoms with E-state index in [0.29, 0.717) is 6.04 Å². The second-order valence-corrected chi connectivity index (χ2v) is 6.92. The van der Waals surface area contributed by atoms with E-state index in [4.69, 9.17) is 5.11 Å². The normalized spacial score (nSPS) is 18.8. The van der Waals surface area contributed by atoms with Crippen LogP contribution in [0.3, 0.4) is 0 Å². The number of benzene rings is 1. The topological polar surface area (TPSA) is 56.7 Å². The van der Waals surface area contributed by atoms with Crippen molar-refractivity contribution in [2.24, 2.45) is 0 Å². The maximum absolute atomic E-state index is 10.9. The van der Waals surface area contributed by atoms with Crippen molar-refractivity contribution in [1.29, 1.82) is 0 Å². The zero-order chi connectivity index (χ0) is 17.2. The molecule has 2 aliphatic rings. The summed E-state index contributed by atoms with van der Waals surface area (Å²) in [6, 6.07) is 12.9. The molecule has 4 rings (SSSR count). The Morgan fingerprint density at radius 3 is 2.48 bits per heavy atom. The highest BCUT2D eigenvalue weighted by atomic mass is 16.4. The monoisotopic (exact) mass is 337 g/mol. The summed E-state index contributed by atoms with van der Waals surface area (Å²) in [5.74, 6) is -0.0458. The molecule has 0 saturated carbocycles. The predicted molar refractivity (Wildman–Crippen MR) is 97.0 cm³/mol. The number of fused-ring (bicyclic) bond motifs is 1. The summed E-state index contributed by atoms with van der Waals surface area (Å²) in [5.41, 5.74) is 3.21. The van der Waals surface area contributed by atoms with E-state index in [1.54, 1.807) is 6.07 Å². The van der Waals surface area contributed by atoms with Gasteiger partial charge in [0.25, 0.3) is 0 Å². The Hall–Kier alpha value is -2.40. The third kappa shape index (κ3) is 3.37. The first-order chi connectivity index (χ1) is 12.2. The van der Waals surface area contributed by atoms with E-state index in [1.807, 2.05) is 6.07 Å². The summed E-state index contributed by atoms with van der Waals surface area (Å²) in [5, 5.41) is 8.98. The molecule has 2 aliphatic heterocycles. The van der Waals surface area contributed by atoms with Crippen molar-refractivity contribution < 1.29 is 9.90 Å². The van der Waals surface area contributed by atoms with Crippen LogP contribution in [0.4, 0.5) is 5.82 Å². The summed E-state index contributed by atoms with van der Waals surface area (Å²) in [4.78, 5) is 20.1. The number of carboxylic acid groups (broad SMARTS) is 1. The zero-order valence-corrected chi connectivity index (χ0v) is 14.3. The van der Waals surface area contributed by atoms with Crippen LogP contribution in [0, 0.1) is 0 Å². The molecule has 3 heterocycles. The summed E-state index contributed by atoms with van der Waals surface area (Å²) < 4.78 is 0. The zero-order valence-electron chi connectivity index (χ0n) is 14.3. The number of nitrogens with zero attached hydrogens (tertiary/aromatic N) is 3. The van der Waals surface area contributed by atoms with Gasteiger partial charge in [-0.1, -0.05) is 24.3 Å². The molecule has 1 fully saturated rings. The van der Waals surface area contributed by atoms with E-state index in [1.165, 1.54) is 17.3 Å². The van der Waals surface area contributed by atoms with Crippen LogP contribution < -0.4 is 4.90 Å². The fourth-order valence-electron chi connectivity index (χ4n) is 3.99. The average molecular weight is 337 g/mol. The molecule has 0 unspecified atom stereocenters. The maximum atomic E-state index is 10.9. The van der Waals surface area contributed by atoms with Crippen molar-refractivity contribution in [3.63, 3.8) is 0 Å². The van der Waals surface area contributed by atoms with E-state index in [9.17, 15) is 4.79 Å². The number of anilines is 1. The summed E-state index contributed by atoms with van der Waals surface area (Å²) in [7, 11) is 0. The van der Waals surface area contributed by atoms with Gasteiger partial charge in [-0.05, 0) is 42.5 Å². The van der Waals surface area contributed by atoms with Gasteiger partial charge >= 0.3 is 5.97 Å².